The maximum absolute atomic E-state index is 3.68. The van der Waals surface area contributed by atoms with E-state index in [1.165, 1.54) is 16.3 Å². The molecule has 2 aromatic carbocycles. The summed E-state index contributed by atoms with van der Waals surface area (Å²) < 4.78 is 0. The quantitative estimate of drug-likeness (QED) is 0.661. The largest absolute Gasteiger partial charge is 0.0879 e. The van der Waals surface area contributed by atoms with Crippen molar-refractivity contribution in [2.45, 2.75) is 6.42 Å². The zero-order valence-corrected chi connectivity index (χ0v) is 8.11. The Balaban J connectivity index is 2.41. The van der Waals surface area contributed by atoms with Crippen LogP contribution in [-0.2, 0) is 6.42 Å². The maximum atomic E-state index is 3.68. The van der Waals surface area contributed by atoms with E-state index in [0.29, 0.717) is 0 Å². The Bertz CT molecular complexity index is 452. The standard InChI is InChI=1S/C14H13/c1-2-3-6-12-9-10-13-7-4-5-8-14(13)11-12/h2-5,7-11H,1,6H2/b3-2+. The Kier molecular flexibility index (Phi) is 2.64. The molecule has 0 bridgehead atoms. The first-order valence-corrected chi connectivity index (χ1v) is 4.82. The van der Waals surface area contributed by atoms with Crippen molar-refractivity contribution in [3.63, 3.8) is 0 Å². The third kappa shape index (κ3) is 1.85. The molecule has 0 saturated heterocycles. The minimum absolute atomic E-state index is 0.967. The summed E-state index contributed by atoms with van der Waals surface area (Å²) in [5.41, 5.74) is 1.34. The van der Waals surface area contributed by atoms with Gasteiger partial charge in [-0.25, -0.2) is 0 Å². The lowest BCUT2D eigenvalue weighted by Crippen LogP contribution is -1.80. The second-order valence-corrected chi connectivity index (χ2v) is 3.36. The van der Waals surface area contributed by atoms with E-state index < -0.39 is 0 Å². The van der Waals surface area contributed by atoms with Crippen molar-refractivity contribution >= 4 is 10.8 Å². The molecule has 0 nitrogen and oxygen atoms in total. The molecule has 0 spiro atoms. The SMILES string of the molecule is [CH2]/C=C/Cc1ccc2ccccc2c1. The van der Waals surface area contributed by atoms with Crippen LogP contribution in [0.2, 0.25) is 0 Å². The molecule has 0 heteroatoms. The molecule has 0 heterocycles. The van der Waals surface area contributed by atoms with Crippen molar-refractivity contribution in [1.29, 1.82) is 0 Å². The third-order valence-electron chi connectivity index (χ3n) is 2.33. The van der Waals surface area contributed by atoms with Gasteiger partial charge in [-0.3, -0.25) is 0 Å². The van der Waals surface area contributed by atoms with Crippen LogP contribution in [0.3, 0.4) is 0 Å². The molecular weight excluding hydrogens is 168 g/mol. The van der Waals surface area contributed by atoms with E-state index in [1.807, 2.05) is 6.08 Å². The summed E-state index contributed by atoms with van der Waals surface area (Å²) in [7, 11) is 0. The molecule has 2 rings (SSSR count). The van der Waals surface area contributed by atoms with Gasteiger partial charge in [-0.1, -0.05) is 54.6 Å². The summed E-state index contributed by atoms with van der Waals surface area (Å²) in [5, 5.41) is 2.61. The van der Waals surface area contributed by atoms with Gasteiger partial charge < -0.3 is 0 Å². The number of fused-ring (bicyclic) bond motifs is 1. The molecule has 0 atom stereocenters. The second-order valence-electron chi connectivity index (χ2n) is 3.36. The van der Waals surface area contributed by atoms with Gasteiger partial charge in [0.25, 0.3) is 0 Å². The molecule has 0 unspecified atom stereocenters. The van der Waals surface area contributed by atoms with Gasteiger partial charge in [0, 0.05) is 0 Å². The van der Waals surface area contributed by atoms with Gasteiger partial charge in [-0.05, 0) is 29.7 Å². The van der Waals surface area contributed by atoms with Gasteiger partial charge in [-0.15, -0.1) is 0 Å². The van der Waals surface area contributed by atoms with Gasteiger partial charge in [0.15, 0.2) is 0 Å². The minimum atomic E-state index is 0.967. The van der Waals surface area contributed by atoms with E-state index >= 15 is 0 Å². The monoisotopic (exact) mass is 181 g/mol. The summed E-state index contributed by atoms with van der Waals surface area (Å²) in [4.78, 5) is 0. The molecule has 0 aliphatic heterocycles. The average Bonchev–Trinajstić information content (AvgIpc) is 2.26. The van der Waals surface area contributed by atoms with Crippen molar-refractivity contribution < 1.29 is 0 Å². The van der Waals surface area contributed by atoms with Gasteiger partial charge >= 0.3 is 0 Å². The summed E-state index contributed by atoms with van der Waals surface area (Å²) in [5.74, 6) is 0. The van der Waals surface area contributed by atoms with Gasteiger partial charge in [-0.2, -0.15) is 0 Å². The van der Waals surface area contributed by atoms with E-state index in [4.69, 9.17) is 0 Å². The fourth-order valence-corrected chi connectivity index (χ4v) is 1.59. The first-order chi connectivity index (χ1) is 6.90. The van der Waals surface area contributed by atoms with E-state index in [0.717, 1.165) is 6.42 Å². The summed E-state index contributed by atoms with van der Waals surface area (Å²) in [6, 6.07) is 15.0. The molecular formula is C14H13. The number of allylic oxidation sites excluding steroid dienone is 2. The molecule has 0 N–H and O–H groups in total. The Morgan fingerprint density at radius 1 is 1.00 bits per heavy atom. The highest BCUT2D eigenvalue weighted by Gasteiger charge is 1.93. The Hall–Kier alpha value is -1.56. The Morgan fingerprint density at radius 3 is 2.57 bits per heavy atom. The van der Waals surface area contributed by atoms with Crippen LogP contribution in [-0.4, -0.2) is 0 Å². The molecule has 0 aliphatic carbocycles. The van der Waals surface area contributed by atoms with Crippen LogP contribution in [0.25, 0.3) is 10.8 Å². The first-order valence-electron chi connectivity index (χ1n) is 4.82. The predicted molar refractivity (Wildman–Crippen MR) is 62.1 cm³/mol. The number of benzene rings is 2. The van der Waals surface area contributed by atoms with Crippen LogP contribution in [0, 0.1) is 6.92 Å². The van der Waals surface area contributed by atoms with Gasteiger partial charge in [0.2, 0.25) is 0 Å². The second kappa shape index (κ2) is 4.10. The van der Waals surface area contributed by atoms with Crippen LogP contribution >= 0.6 is 0 Å². The summed E-state index contributed by atoms with van der Waals surface area (Å²) in [6.45, 7) is 3.68. The molecule has 14 heavy (non-hydrogen) atoms. The number of hydrogen-bond donors (Lipinski definition) is 0. The minimum Gasteiger partial charge on any atom is -0.0879 e. The molecule has 69 valence electrons. The van der Waals surface area contributed by atoms with Crippen molar-refractivity contribution in [3.05, 3.63) is 67.1 Å². The highest BCUT2D eigenvalue weighted by molar-refractivity contribution is 5.83. The van der Waals surface area contributed by atoms with Crippen LogP contribution in [0.4, 0.5) is 0 Å². The van der Waals surface area contributed by atoms with Gasteiger partial charge in [0.1, 0.15) is 0 Å². The molecule has 0 aliphatic rings. The van der Waals surface area contributed by atoms with Crippen LogP contribution in [0.15, 0.2) is 54.6 Å². The molecule has 1 radical (unpaired) electrons. The number of rotatable bonds is 2. The average molecular weight is 181 g/mol. The van der Waals surface area contributed by atoms with Crippen LogP contribution in [0.1, 0.15) is 5.56 Å². The highest BCUT2D eigenvalue weighted by Crippen LogP contribution is 2.15. The normalized spacial score (nSPS) is 11.2. The van der Waals surface area contributed by atoms with Crippen molar-refractivity contribution in [2.24, 2.45) is 0 Å². The molecule has 0 aromatic heterocycles. The Labute approximate surface area is 84.9 Å². The van der Waals surface area contributed by atoms with Gasteiger partial charge in [0.05, 0.1) is 0 Å². The van der Waals surface area contributed by atoms with Crippen molar-refractivity contribution in [1.82, 2.24) is 0 Å². The van der Waals surface area contributed by atoms with Crippen molar-refractivity contribution in [2.75, 3.05) is 0 Å². The highest BCUT2D eigenvalue weighted by atomic mass is 14.0. The summed E-state index contributed by atoms with van der Waals surface area (Å²) >= 11 is 0. The lowest BCUT2D eigenvalue weighted by atomic mass is 10.1. The van der Waals surface area contributed by atoms with Crippen LogP contribution < -0.4 is 0 Å². The van der Waals surface area contributed by atoms with Crippen molar-refractivity contribution in [3.8, 4) is 0 Å². The third-order valence-corrected chi connectivity index (χ3v) is 2.33. The molecule has 0 saturated carbocycles. The lowest BCUT2D eigenvalue weighted by Gasteiger charge is -2.00. The zero-order chi connectivity index (χ0) is 9.80. The predicted octanol–water partition coefficient (Wildman–Crippen LogP) is 3.77. The number of hydrogen-bond acceptors (Lipinski definition) is 0. The molecule has 0 fully saturated rings. The topological polar surface area (TPSA) is 0 Å². The van der Waals surface area contributed by atoms with Crippen LogP contribution in [0.5, 0.6) is 0 Å². The smallest absolute Gasteiger partial charge is 0.00972 e. The molecule has 2 aromatic rings. The zero-order valence-electron chi connectivity index (χ0n) is 8.11. The lowest BCUT2D eigenvalue weighted by molar-refractivity contribution is 1.28. The van der Waals surface area contributed by atoms with E-state index in [9.17, 15) is 0 Å². The first kappa shape index (κ1) is 9.01. The maximum Gasteiger partial charge on any atom is -0.00972 e. The van der Waals surface area contributed by atoms with E-state index in [2.05, 4.69) is 55.5 Å². The van der Waals surface area contributed by atoms with E-state index in [1.54, 1.807) is 0 Å². The fraction of sp³-hybridized carbons (Fsp3) is 0.0714. The fourth-order valence-electron chi connectivity index (χ4n) is 1.59. The summed E-state index contributed by atoms with van der Waals surface area (Å²) in [6.07, 6.45) is 4.88. The Morgan fingerprint density at radius 2 is 1.79 bits per heavy atom. The van der Waals surface area contributed by atoms with E-state index in [-0.39, 0.29) is 0 Å². The molecule has 0 amide bonds.